The second kappa shape index (κ2) is 14.0. The zero-order valence-corrected chi connectivity index (χ0v) is 27.1. The van der Waals surface area contributed by atoms with Crippen molar-refractivity contribution < 1.29 is 0 Å². The van der Waals surface area contributed by atoms with Gasteiger partial charge in [-0.25, -0.2) is 0 Å². The van der Waals surface area contributed by atoms with Crippen LogP contribution in [0.25, 0.3) is 0 Å². The maximum atomic E-state index is 5.15. The predicted octanol–water partition coefficient (Wildman–Crippen LogP) is 7.94. The molecule has 2 atom stereocenters. The zero-order valence-electron chi connectivity index (χ0n) is 25.5. The van der Waals surface area contributed by atoms with Gasteiger partial charge in [-0.15, -0.1) is 0 Å². The van der Waals surface area contributed by atoms with E-state index < -0.39 is 6.15 Å². The first-order valence-corrected chi connectivity index (χ1v) is 18.0. The fourth-order valence-electron chi connectivity index (χ4n) is 6.48. The normalized spacial score (nSPS) is 15.1. The van der Waals surface area contributed by atoms with Gasteiger partial charge in [-0.2, -0.15) is 21.9 Å². The molecule has 0 bridgehead atoms. The van der Waals surface area contributed by atoms with Gasteiger partial charge in [0.25, 0.3) is 0 Å². The maximum Gasteiger partial charge on any atom is 0.212 e. The van der Waals surface area contributed by atoms with Crippen LogP contribution in [0.2, 0.25) is 0 Å². The number of nitrogens with zero attached hydrogens (tertiary/aromatic N) is 1. The summed E-state index contributed by atoms with van der Waals surface area (Å²) in [5, 5.41) is 0. The highest BCUT2D eigenvalue weighted by molar-refractivity contribution is 8.06. The van der Waals surface area contributed by atoms with E-state index >= 15 is 0 Å². The quantitative estimate of drug-likeness (QED) is 0.131. The minimum atomic E-state index is -1.22. The average molecular weight is 628 g/mol. The van der Waals surface area contributed by atoms with Gasteiger partial charge in [-0.1, -0.05) is 170 Å². The highest BCUT2D eigenvalue weighted by Gasteiger charge is 2.37. The maximum absolute atomic E-state index is 5.15. The first-order valence-electron chi connectivity index (χ1n) is 15.6. The van der Waals surface area contributed by atoms with Crippen molar-refractivity contribution >= 4 is 49.8 Å². The molecule has 0 saturated carbocycles. The Labute approximate surface area is 278 Å². The molecule has 0 aliphatic carbocycles. The van der Waals surface area contributed by atoms with Crippen LogP contribution in [0.5, 0.6) is 0 Å². The van der Waals surface area contributed by atoms with Gasteiger partial charge in [-0.3, -0.25) is 0 Å². The van der Waals surface area contributed by atoms with Gasteiger partial charge in [0.05, 0.1) is 4.90 Å². The molecule has 2 unspecified atom stereocenters. The molecule has 46 heavy (non-hydrogen) atoms. The van der Waals surface area contributed by atoms with Crippen LogP contribution >= 0.6 is 0 Å². The van der Waals surface area contributed by atoms with Crippen LogP contribution in [0.3, 0.4) is 0 Å². The van der Waals surface area contributed by atoms with Crippen molar-refractivity contribution in [3.8, 4) is 0 Å². The van der Waals surface area contributed by atoms with Crippen molar-refractivity contribution in [1.82, 2.24) is 0 Å². The number of benzene rings is 7. The van der Waals surface area contributed by atoms with Gasteiger partial charge in [0, 0.05) is 15.6 Å². The van der Waals surface area contributed by atoms with E-state index in [2.05, 4.69) is 206 Å². The summed E-state index contributed by atoms with van der Waals surface area (Å²) in [5.41, 5.74) is 5.36. The average Bonchev–Trinajstić information content (AvgIpc) is 3.55. The molecule has 8 rings (SSSR count). The van der Waals surface area contributed by atoms with E-state index in [-0.39, 0.29) is 21.8 Å². The lowest BCUT2D eigenvalue weighted by Crippen LogP contribution is -2.74. The monoisotopic (exact) mass is 627 g/mol. The minimum Gasteiger partial charge on any atom is -0.195 e. The zero-order chi connectivity index (χ0) is 31.0. The highest BCUT2D eigenvalue weighted by atomic mass is 32.3. The molecule has 1 heterocycles. The summed E-state index contributed by atoms with van der Waals surface area (Å²) in [6.45, 7) is 0. The van der Waals surface area contributed by atoms with Crippen LogP contribution in [0.1, 0.15) is 0 Å². The molecule has 1 aliphatic rings. The van der Waals surface area contributed by atoms with Crippen molar-refractivity contribution in [1.29, 1.82) is 0 Å². The topological polar surface area (TPSA) is 12.4 Å². The number of fused-ring (bicyclic) bond motifs is 1. The SMILES string of the molecule is c1ccc(S2=N[S+](c3ccccc3)c3ccccc32)cc1.c1ccc([B-](c2ccccc2)(c2ccccc2)c2ccccc2)cc1. The van der Waals surface area contributed by atoms with E-state index in [1.54, 1.807) is 0 Å². The van der Waals surface area contributed by atoms with Gasteiger partial charge in [-0.05, 0) is 40.2 Å². The molecular weight excluding hydrogens is 593 g/mol. The molecule has 0 N–H and O–H groups in total. The van der Waals surface area contributed by atoms with E-state index in [4.69, 9.17) is 3.77 Å². The summed E-state index contributed by atoms with van der Waals surface area (Å²) in [6, 6.07) is 73.5. The van der Waals surface area contributed by atoms with Crippen molar-refractivity contribution in [3.63, 3.8) is 0 Å². The second-order valence-corrected chi connectivity index (χ2v) is 14.8. The third kappa shape index (κ3) is 5.90. The second-order valence-electron chi connectivity index (χ2n) is 11.2. The molecule has 0 spiro atoms. The molecule has 1 nitrogen and oxygen atoms in total. The molecular formula is C42H34BNS2. The predicted molar refractivity (Wildman–Crippen MR) is 200 cm³/mol. The molecule has 0 fully saturated rings. The molecule has 0 aromatic heterocycles. The van der Waals surface area contributed by atoms with E-state index in [1.807, 2.05) is 0 Å². The lowest BCUT2D eigenvalue weighted by Gasteiger charge is -2.44. The Bertz CT molecular complexity index is 1860. The number of rotatable bonds is 6. The van der Waals surface area contributed by atoms with Crippen LogP contribution < -0.4 is 21.9 Å². The summed E-state index contributed by atoms with van der Waals surface area (Å²) in [4.78, 5) is 5.35. The first kappa shape index (κ1) is 29.8. The van der Waals surface area contributed by atoms with Crippen LogP contribution in [0, 0.1) is 0 Å². The lowest BCUT2D eigenvalue weighted by atomic mass is 9.13. The Morgan fingerprint density at radius 3 is 1.15 bits per heavy atom. The lowest BCUT2D eigenvalue weighted by molar-refractivity contribution is 1.23. The van der Waals surface area contributed by atoms with Gasteiger partial charge in [0.1, 0.15) is 6.15 Å². The van der Waals surface area contributed by atoms with Crippen molar-refractivity contribution in [2.75, 3.05) is 0 Å². The summed E-state index contributed by atoms with van der Waals surface area (Å²) in [6.07, 6.45) is -1.22. The fourth-order valence-corrected chi connectivity index (χ4v) is 11.2. The van der Waals surface area contributed by atoms with Crippen LogP contribution in [0.15, 0.2) is 230 Å². The third-order valence-electron chi connectivity index (χ3n) is 8.55. The van der Waals surface area contributed by atoms with E-state index in [0.29, 0.717) is 0 Å². The van der Waals surface area contributed by atoms with Crippen LogP contribution in [0.4, 0.5) is 0 Å². The summed E-state index contributed by atoms with van der Waals surface area (Å²) in [5.74, 6) is 0. The Morgan fingerprint density at radius 2 is 0.717 bits per heavy atom. The number of hydrogen-bond donors (Lipinski definition) is 0. The van der Waals surface area contributed by atoms with Crippen LogP contribution in [-0.4, -0.2) is 6.15 Å². The number of hydrogen-bond acceptors (Lipinski definition) is 1. The molecule has 0 amide bonds. The van der Waals surface area contributed by atoms with E-state index in [1.165, 1.54) is 41.4 Å². The first-order chi connectivity index (χ1) is 22.9. The summed E-state index contributed by atoms with van der Waals surface area (Å²) in [7, 11) is -0.159. The largest absolute Gasteiger partial charge is 0.212 e. The molecule has 4 heteroatoms. The summed E-state index contributed by atoms with van der Waals surface area (Å²) >= 11 is -0.159. The molecule has 7 aromatic carbocycles. The summed E-state index contributed by atoms with van der Waals surface area (Å²) < 4.78 is 5.15. The van der Waals surface area contributed by atoms with Crippen LogP contribution in [-0.2, 0) is 21.8 Å². The molecule has 1 aliphatic heterocycles. The standard InChI is InChI=1S/C24H20B.C18H14NS2/c1-5-13-21(14-6-1)25(22-15-7-2-8-16-22,23-17-9-3-10-18-23)24-19-11-4-12-20-24;1-3-9-15(10-4-1)20-17-13-7-8-14-18(17)21(19-20)16-11-5-2-6-12-16/h1-20H;1-14H/q-1;+1. The van der Waals surface area contributed by atoms with Crippen molar-refractivity contribution in [2.45, 2.75) is 19.6 Å². The third-order valence-corrected chi connectivity index (χ3v) is 12.9. The molecule has 0 saturated heterocycles. The van der Waals surface area contributed by atoms with Gasteiger partial charge in [0.2, 0.25) is 16.0 Å². The van der Waals surface area contributed by atoms with Crippen molar-refractivity contribution in [2.24, 2.45) is 3.77 Å². The smallest absolute Gasteiger partial charge is 0.195 e. The Balaban J connectivity index is 0.000000149. The van der Waals surface area contributed by atoms with E-state index in [9.17, 15) is 0 Å². The Kier molecular flexibility index (Phi) is 9.09. The van der Waals surface area contributed by atoms with Gasteiger partial charge >= 0.3 is 0 Å². The molecule has 7 aromatic rings. The highest BCUT2D eigenvalue weighted by Crippen LogP contribution is 2.39. The minimum absolute atomic E-state index is 0.159. The van der Waals surface area contributed by atoms with Gasteiger partial charge < -0.3 is 0 Å². The van der Waals surface area contributed by atoms with E-state index in [0.717, 1.165) is 0 Å². The Morgan fingerprint density at radius 1 is 0.370 bits per heavy atom. The molecule has 222 valence electrons. The van der Waals surface area contributed by atoms with Crippen molar-refractivity contribution in [3.05, 3.63) is 206 Å². The van der Waals surface area contributed by atoms with Gasteiger partial charge in [0.15, 0.2) is 4.90 Å². The Hall–Kier alpha value is -4.90. The molecule has 0 radical (unpaired) electrons. The fraction of sp³-hybridized carbons (Fsp3) is 0.